The molecule has 2 heterocycles. The lowest BCUT2D eigenvalue weighted by atomic mass is 9.88. The quantitative estimate of drug-likeness (QED) is 0.514. The lowest BCUT2D eigenvalue weighted by molar-refractivity contribution is -0.130. The average molecular weight is 313 g/mol. The number of amides is 1. The number of thioether (sulfide) groups is 1. The van der Waals surface area contributed by atoms with Gasteiger partial charge >= 0.3 is 0 Å². The predicted octanol–water partition coefficient (Wildman–Crippen LogP) is 2.96. The van der Waals surface area contributed by atoms with Crippen LogP contribution >= 0.6 is 23.1 Å². The largest absolute Gasteiger partial charge is 0.376 e. The van der Waals surface area contributed by atoms with Gasteiger partial charge in [-0.1, -0.05) is 29.2 Å². The highest BCUT2D eigenvalue weighted by molar-refractivity contribution is 8.01. The molecule has 1 aliphatic heterocycles. The Hall–Kier alpha value is -0.920. The Bertz CT molecular complexity index is 488. The second kappa shape index (κ2) is 6.69. The molecule has 0 aromatic carbocycles. The first-order valence-electron chi connectivity index (χ1n) is 6.52. The number of nitrogens with one attached hydrogen (secondary N) is 1. The van der Waals surface area contributed by atoms with Crippen molar-refractivity contribution >= 4 is 34.1 Å². The number of aromatic nitrogens is 2. The summed E-state index contributed by atoms with van der Waals surface area (Å²) in [6.45, 7) is 8.32. The van der Waals surface area contributed by atoms with Crippen molar-refractivity contribution in [1.29, 1.82) is 0 Å². The van der Waals surface area contributed by atoms with E-state index in [9.17, 15) is 4.79 Å². The SMILES string of the molecule is C=CCSc1nnc(NC(=O)[C@@H]2CCOC(C)(C)C2)s1. The molecule has 2 rings (SSSR count). The van der Waals surface area contributed by atoms with Gasteiger partial charge < -0.3 is 10.1 Å². The Kier molecular flexibility index (Phi) is 5.17. The summed E-state index contributed by atoms with van der Waals surface area (Å²) in [5.74, 6) is 0.779. The van der Waals surface area contributed by atoms with E-state index >= 15 is 0 Å². The highest BCUT2D eigenvalue weighted by Gasteiger charge is 2.33. The van der Waals surface area contributed by atoms with Crippen molar-refractivity contribution in [3.05, 3.63) is 12.7 Å². The Morgan fingerprint density at radius 1 is 1.65 bits per heavy atom. The van der Waals surface area contributed by atoms with Gasteiger partial charge in [0, 0.05) is 18.3 Å². The molecular formula is C13H19N3O2S2. The van der Waals surface area contributed by atoms with Crippen molar-refractivity contribution in [2.45, 2.75) is 36.6 Å². The van der Waals surface area contributed by atoms with Gasteiger partial charge in [-0.05, 0) is 26.7 Å². The number of rotatable bonds is 5. The normalized spacial score (nSPS) is 21.4. The number of carbonyl (C=O) groups excluding carboxylic acids is 1. The molecule has 1 aromatic rings. The molecule has 110 valence electrons. The predicted molar refractivity (Wildman–Crippen MR) is 82.2 cm³/mol. The third kappa shape index (κ3) is 4.29. The topological polar surface area (TPSA) is 64.1 Å². The Labute approximate surface area is 127 Å². The summed E-state index contributed by atoms with van der Waals surface area (Å²) in [5.41, 5.74) is -0.230. The van der Waals surface area contributed by atoms with E-state index in [2.05, 4.69) is 22.1 Å². The van der Waals surface area contributed by atoms with Crippen molar-refractivity contribution in [3.8, 4) is 0 Å². The third-order valence-corrected chi connectivity index (χ3v) is 5.00. The first-order chi connectivity index (χ1) is 9.50. The summed E-state index contributed by atoms with van der Waals surface area (Å²) in [6.07, 6.45) is 3.30. The minimum atomic E-state index is -0.230. The molecule has 0 saturated carbocycles. The van der Waals surface area contributed by atoms with Crippen molar-refractivity contribution in [2.75, 3.05) is 17.7 Å². The van der Waals surface area contributed by atoms with Crippen molar-refractivity contribution in [2.24, 2.45) is 5.92 Å². The molecule has 0 radical (unpaired) electrons. The van der Waals surface area contributed by atoms with E-state index in [1.807, 2.05) is 19.9 Å². The maximum atomic E-state index is 12.2. The maximum Gasteiger partial charge on any atom is 0.229 e. The minimum Gasteiger partial charge on any atom is -0.376 e. The molecule has 0 spiro atoms. The molecule has 0 aliphatic carbocycles. The summed E-state index contributed by atoms with van der Waals surface area (Å²) in [4.78, 5) is 12.2. The molecule has 1 aromatic heterocycles. The molecule has 0 unspecified atom stereocenters. The molecule has 20 heavy (non-hydrogen) atoms. The monoisotopic (exact) mass is 313 g/mol. The second-order valence-corrected chi connectivity index (χ2v) is 7.50. The zero-order valence-electron chi connectivity index (χ0n) is 11.7. The summed E-state index contributed by atoms with van der Waals surface area (Å²) in [5, 5.41) is 11.4. The zero-order valence-corrected chi connectivity index (χ0v) is 13.4. The Morgan fingerprint density at radius 3 is 3.15 bits per heavy atom. The molecule has 7 heteroatoms. The summed E-state index contributed by atoms with van der Waals surface area (Å²) >= 11 is 2.95. The smallest absolute Gasteiger partial charge is 0.229 e. The van der Waals surface area contributed by atoms with Gasteiger partial charge in [0.05, 0.1) is 5.60 Å². The third-order valence-electron chi connectivity index (χ3n) is 3.03. The zero-order chi connectivity index (χ0) is 14.6. The highest BCUT2D eigenvalue weighted by atomic mass is 32.2. The standard InChI is InChI=1S/C13H19N3O2S2/c1-4-7-19-12-16-15-11(20-12)14-10(17)9-5-6-18-13(2,3)8-9/h4,9H,1,5-8H2,2-3H3,(H,14,15,17)/t9-/m1/s1. The van der Waals surface area contributed by atoms with Crippen LogP contribution < -0.4 is 5.32 Å². The van der Waals surface area contributed by atoms with Crippen LogP contribution in [0, 0.1) is 5.92 Å². The van der Waals surface area contributed by atoms with Gasteiger partial charge in [-0.25, -0.2) is 0 Å². The van der Waals surface area contributed by atoms with Crippen LogP contribution in [0.4, 0.5) is 5.13 Å². The first kappa shape index (κ1) is 15.5. The Morgan fingerprint density at radius 2 is 2.45 bits per heavy atom. The van der Waals surface area contributed by atoms with Gasteiger partial charge in [-0.3, -0.25) is 4.79 Å². The minimum absolute atomic E-state index is 0.0118. The van der Waals surface area contributed by atoms with Crippen LogP contribution in [0.5, 0.6) is 0 Å². The fraction of sp³-hybridized carbons (Fsp3) is 0.615. The molecule has 5 nitrogen and oxygen atoms in total. The molecule has 1 fully saturated rings. The van der Waals surface area contributed by atoms with Crippen LogP contribution in [-0.2, 0) is 9.53 Å². The van der Waals surface area contributed by atoms with Crippen LogP contribution in [0.15, 0.2) is 17.0 Å². The maximum absolute atomic E-state index is 12.2. The van der Waals surface area contributed by atoms with E-state index in [-0.39, 0.29) is 17.4 Å². The van der Waals surface area contributed by atoms with E-state index in [4.69, 9.17) is 4.74 Å². The Balaban J connectivity index is 1.90. The van der Waals surface area contributed by atoms with E-state index in [1.165, 1.54) is 11.3 Å². The van der Waals surface area contributed by atoms with Crippen LogP contribution in [-0.4, -0.2) is 34.1 Å². The molecule has 0 bridgehead atoms. The fourth-order valence-corrected chi connectivity index (χ4v) is 3.63. The second-order valence-electron chi connectivity index (χ2n) is 5.26. The molecule has 1 N–H and O–H groups in total. The van der Waals surface area contributed by atoms with Gasteiger partial charge in [-0.15, -0.1) is 16.8 Å². The molecular weight excluding hydrogens is 294 g/mol. The van der Waals surface area contributed by atoms with Gasteiger partial charge in [0.25, 0.3) is 0 Å². The van der Waals surface area contributed by atoms with E-state index in [1.54, 1.807) is 11.8 Å². The highest BCUT2D eigenvalue weighted by Crippen LogP contribution is 2.30. The summed E-state index contributed by atoms with van der Waals surface area (Å²) in [7, 11) is 0. The van der Waals surface area contributed by atoms with Crippen LogP contribution in [0.3, 0.4) is 0 Å². The number of ether oxygens (including phenoxy) is 1. The van der Waals surface area contributed by atoms with Crippen LogP contribution in [0.2, 0.25) is 0 Å². The molecule has 1 atom stereocenters. The van der Waals surface area contributed by atoms with Crippen molar-refractivity contribution in [1.82, 2.24) is 10.2 Å². The van der Waals surface area contributed by atoms with Gasteiger partial charge in [-0.2, -0.15) is 0 Å². The first-order valence-corrected chi connectivity index (χ1v) is 8.32. The number of anilines is 1. The summed E-state index contributed by atoms with van der Waals surface area (Å²) < 4.78 is 6.47. The van der Waals surface area contributed by atoms with Crippen molar-refractivity contribution < 1.29 is 9.53 Å². The van der Waals surface area contributed by atoms with Gasteiger partial charge in [0.15, 0.2) is 4.34 Å². The number of hydrogen-bond donors (Lipinski definition) is 1. The van der Waals surface area contributed by atoms with E-state index in [0.717, 1.165) is 22.9 Å². The fourth-order valence-electron chi connectivity index (χ4n) is 2.11. The molecule has 1 saturated heterocycles. The number of nitrogens with zero attached hydrogens (tertiary/aromatic N) is 2. The van der Waals surface area contributed by atoms with E-state index < -0.39 is 0 Å². The lowest BCUT2D eigenvalue weighted by Gasteiger charge is -2.34. The van der Waals surface area contributed by atoms with Crippen molar-refractivity contribution in [3.63, 3.8) is 0 Å². The van der Waals surface area contributed by atoms with Crippen LogP contribution in [0.1, 0.15) is 26.7 Å². The average Bonchev–Trinajstić information content (AvgIpc) is 2.82. The lowest BCUT2D eigenvalue weighted by Crippen LogP contribution is -2.39. The number of hydrogen-bond acceptors (Lipinski definition) is 6. The molecule has 1 aliphatic rings. The van der Waals surface area contributed by atoms with Gasteiger partial charge in [0.1, 0.15) is 0 Å². The van der Waals surface area contributed by atoms with Gasteiger partial charge in [0.2, 0.25) is 11.0 Å². The number of carbonyl (C=O) groups is 1. The van der Waals surface area contributed by atoms with Crippen LogP contribution in [0.25, 0.3) is 0 Å². The van der Waals surface area contributed by atoms with E-state index in [0.29, 0.717) is 11.7 Å². The molecule has 1 amide bonds. The summed E-state index contributed by atoms with van der Waals surface area (Å²) in [6, 6.07) is 0.